The van der Waals surface area contributed by atoms with Gasteiger partial charge in [-0.25, -0.2) is 8.42 Å². The van der Waals surface area contributed by atoms with Crippen molar-refractivity contribution in [1.82, 2.24) is 14.6 Å². The number of hydrogen-bond acceptors (Lipinski definition) is 7. The molecule has 0 unspecified atom stereocenters. The number of para-hydroxylation sites is 1. The molecule has 146 valence electrons. The second-order valence-corrected chi connectivity index (χ2v) is 8.56. The van der Waals surface area contributed by atoms with Gasteiger partial charge in [0.15, 0.2) is 5.65 Å². The Bertz CT molecular complexity index is 1310. The molecule has 0 aliphatic carbocycles. The maximum absolute atomic E-state index is 12.6. The number of benzene rings is 2. The van der Waals surface area contributed by atoms with Gasteiger partial charge in [-0.1, -0.05) is 24.3 Å². The van der Waals surface area contributed by atoms with Crippen LogP contribution in [0.3, 0.4) is 0 Å². The zero-order chi connectivity index (χ0) is 20.4. The predicted molar refractivity (Wildman–Crippen MR) is 107 cm³/mol. The quantitative estimate of drug-likeness (QED) is 0.369. The average Bonchev–Trinajstić information content (AvgIpc) is 3.11. The van der Waals surface area contributed by atoms with Crippen LogP contribution in [-0.2, 0) is 10.0 Å². The summed E-state index contributed by atoms with van der Waals surface area (Å²) in [6, 6.07) is 17.4. The molecule has 0 aliphatic heterocycles. The first-order valence-corrected chi connectivity index (χ1v) is 10.6. The van der Waals surface area contributed by atoms with Gasteiger partial charge in [0.2, 0.25) is 5.16 Å². The Hall–Kier alpha value is -3.44. The largest absolute Gasteiger partial charge is 0.284 e. The molecular formula is C18H13N5O4S2. The molecule has 0 radical (unpaired) electrons. The van der Waals surface area contributed by atoms with Crippen LogP contribution in [0.1, 0.15) is 0 Å². The second kappa shape index (κ2) is 7.53. The van der Waals surface area contributed by atoms with Crippen molar-refractivity contribution in [2.45, 2.75) is 14.9 Å². The highest BCUT2D eigenvalue weighted by atomic mass is 32.2. The van der Waals surface area contributed by atoms with Crippen molar-refractivity contribution < 1.29 is 13.3 Å². The number of nitro groups is 1. The summed E-state index contributed by atoms with van der Waals surface area (Å²) in [7, 11) is -3.98. The van der Waals surface area contributed by atoms with E-state index in [0.717, 1.165) is 17.8 Å². The van der Waals surface area contributed by atoms with Gasteiger partial charge in [0.25, 0.3) is 15.7 Å². The molecule has 0 saturated heterocycles. The van der Waals surface area contributed by atoms with Crippen molar-refractivity contribution in [2.24, 2.45) is 0 Å². The lowest BCUT2D eigenvalue weighted by Gasteiger charge is -2.09. The molecule has 0 aliphatic rings. The Labute approximate surface area is 169 Å². The van der Waals surface area contributed by atoms with E-state index in [-0.39, 0.29) is 15.5 Å². The summed E-state index contributed by atoms with van der Waals surface area (Å²) >= 11 is 1.03. The zero-order valence-electron chi connectivity index (χ0n) is 14.7. The first-order chi connectivity index (χ1) is 13.9. The molecule has 2 aromatic heterocycles. The van der Waals surface area contributed by atoms with Crippen LogP contribution in [0, 0.1) is 10.1 Å². The fraction of sp³-hybridized carbons (Fsp3) is 0. The predicted octanol–water partition coefficient (Wildman–Crippen LogP) is 3.59. The van der Waals surface area contributed by atoms with Gasteiger partial charge in [-0.3, -0.25) is 19.2 Å². The summed E-state index contributed by atoms with van der Waals surface area (Å²) in [5.74, 6) is 0. The number of pyridine rings is 1. The zero-order valence-corrected chi connectivity index (χ0v) is 16.3. The van der Waals surface area contributed by atoms with Gasteiger partial charge in [-0.15, -0.1) is 10.2 Å². The molecule has 29 heavy (non-hydrogen) atoms. The molecule has 0 amide bonds. The van der Waals surface area contributed by atoms with E-state index in [1.807, 2.05) is 0 Å². The first-order valence-electron chi connectivity index (χ1n) is 8.28. The molecule has 0 bridgehead atoms. The number of nitro benzene ring substituents is 1. The molecule has 1 N–H and O–H groups in total. The minimum Gasteiger partial charge on any atom is -0.280 e. The van der Waals surface area contributed by atoms with Gasteiger partial charge < -0.3 is 0 Å². The second-order valence-electron chi connectivity index (χ2n) is 5.87. The summed E-state index contributed by atoms with van der Waals surface area (Å²) in [5, 5.41) is 20.1. The lowest BCUT2D eigenvalue weighted by atomic mass is 10.3. The number of sulfonamides is 1. The SMILES string of the molecule is O=[N+]([O-])c1cc(S(=O)(=O)Nc2ccccc2)ccc1Sc1nnc2ccccn12. The normalized spacial score (nSPS) is 11.4. The Morgan fingerprint density at radius 3 is 2.52 bits per heavy atom. The van der Waals surface area contributed by atoms with E-state index in [0.29, 0.717) is 16.5 Å². The van der Waals surface area contributed by atoms with E-state index in [2.05, 4.69) is 14.9 Å². The minimum atomic E-state index is -3.98. The van der Waals surface area contributed by atoms with Crippen LogP contribution >= 0.6 is 11.8 Å². The summed E-state index contributed by atoms with van der Waals surface area (Å²) in [6.07, 6.45) is 1.74. The van der Waals surface area contributed by atoms with Crippen LogP contribution in [0.2, 0.25) is 0 Å². The van der Waals surface area contributed by atoms with Crippen LogP contribution < -0.4 is 4.72 Å². The number of rotatable bonds is 6. The number of fused-ring (bicyclic) bond motifs is 1. The number of hydrogen-bond donors (Lipinski definition) is 1. The molecular weight excluding hydrogens is 414 g/mol. The van der Waals surface area contributed by atoms with Crippen molar-refractivity contribution in [3.8, 4) is 0 Å². The van der Waals surface area contributed by atoms with Crippen LogP contribution in [-0.4, -0.2) is 27.9 Å². The molecule has 0 atom stereocenters. The minimum absolute atomic E-state index is 0.205. The molecule has 9 nitrogen and oxygen atoms in total. The van der Waals surface area contributed by atoms with Crippen LogP contribution in [0.15, 0.2) is 87.9 Å². The van der Waals surface area contributed by atoms with Gasteiger partial charge in [-0.2, -0.15) is 0 Å². The monoisotopic (exact) mass is 427 g/mol. The van der Waals surface area contributed by atoms with Crippen molar-refractivity contribution in [1.29, 1.82) is 0 Å². The van der Waals surface area contributed by atoms with Crippen molar-refractivity contribution in [3.05, 3.63) is 83.0 Å². The van der Waals surface area contributed by atoms with Crippen LogP contribution in [0.5, 0.6) is 0 Å². The summed E-state index contributed by atoms with van der Waals surface area (Å²) in [6.45, 7) is 0. The number of anilines is 1. The van der Waals surface area contributed by atoms with Crippen molar-refractivity contribution >= 4 is 38.8 Å². The molecule has 0 spiro atoms. The smallest absolute Gasteiger partial charge is 0.280 e. The number of nitrogens with one attached hydrogen (secondary N) is 1. The highest BCUT2D eigenvalue weighted by Crippen LogP contribution is 2.35. The molecule has 0 saturated carbocycles. The number of aromatic nitrogens is 3. The Morgan fingerprint density at radius 1 is 1.00 bits per heavy atom. The van der Waals surface area contributed by atoms with E-state index in [9.17, 15) is 18.5 Å². The third kappa shape index (κ3) is 3.91. The fourth-order valence-corrected chi connectivity index (χ4v) is 4.58. The average molecular weight is 427 g/mol. The summed E-state index contributed by atoms with van der Waals surface area (Å²) < 4.78 is 29.3. The van der Waals surface area contributed by atoms with Crippen molar-refractivity contribution in [2.75, 3.05) is 4.72 Å². The maximum atomic E-state index is 12.6. The van der Waals surface area contributed by atoms with E-state index in [4.69, 9.17) is 0 Å². The summed E-state index contributed by atoms with van der Waals surface area (Å²) in [5.41, 5.74) is 0.631. The third-order valence-electron chi connectivity index (χ3n) is 3.95. The fourth-order valence-electron chi connectivity index (χ4n) is 2.60. The van der Waals surface area contributed by atoms with E-state index in [1.165, 1.54) is 12.1 Å². The first kappa shape index (κ1) is 18.9. The Kier molecular flexibility index (Phi) is 4.91. The number of nitrogens with zero attached hydrogens (tertiary/aromatic N) is 4. The standard InChI is InChI=1S/C18H13N5O4S2/c24-23(25)15-12-14(29(26,27)21-13-6-2-1-3-7-13)9-10-16(15)28-18-20-19-17-8-4-5-11-22(17)18/h1-12,21H. The highest BCUT2D eigenvalue weighted by molar-refractivity contribution is 7.99. The molecule has 2 aromatic carbocycles. The topological polar surface area (TPSA) is 120 Å². The lowest BCUT2D eigenvalue weighted by Crippen LogP contribution is -2.13. The van der Waals surface area contributed by atoms with Gasteiger partial charge in [-0.05, 0) is 48.2 Å². The van der Waals surface area contributed by atoms with E-state index in [1.54, 1.807) is 59.1 Å². The lowest BCUT2D eigenvalue weighted by molar-refractivity contribution is -0.388. The van der Waals surface area contributed by atoms with Gasteiger partial charge >= 0.3 is 0 Å². The maximum Gasteiger partial charge on any atom is 0.284 e. The Balaban J connectivity index is 1.69. The molecule has 2 heterocycles. The van der Waals surface area contributed by atoms with Gasteiger partial charge in [0.05, 0.1) is 14.7 Å². The van der Waals surface area contributed by atoms with E-state index >= 15 is 0 Å². The van der Waals surface area contributed by atoms with Crippen LogP contribution in [0.25, 0.3) is 5.65 Å². The Morgan fingerprint density at radius 2 is 1.76 bits per heavy atom. The molecule has 4 rings (SSSR count). The van der Waals surface area contributed by atoms with Crippen molar-refractivity contribution in [3.63, 3.8) is 0 Å². The molecule has 4 aromatic rings. The molecule has 0 fully saturated rings. The van der Waals surface area contributed by atoms with Crippen LogP contribution in [0.4, 0.5) is 11.4 Å². The van der Waals surface area contributed by atoms with E-state index < -0.39 is 14.9 Å². The highest BCUT2D eigenvalue weighted by Gasteiger charge is 2.23. The van der Waals surface area contributed by atoms with Gasteiger partial charge in [0.1, 0.15) is 0 Å². The van der Waals surface area contributed by atoms with Gasteiger partial charge in [0, 0.05) is 18.0 Å². The third-order valence-corrected chi connectivity index (χ3v) is 6.35. The summed E-state index contributed by atoms with van der Waals surface area (Å²) in [4.78, 5) is 11.0. The molecule has 11 heteroatoms.